The summed E-state index contributed by atoms with van der Waals surface area (Å²) in [6.07, 6.45) is 2.43. The third-order valence-corrected chi connectivity index (χ3v) is 5.06. The van der Waals surface area contributed by atoms with Crippen molar-refractivity contribution in [1.29, 1.82) is 0 Å². The number of nitrogens with zero attached hydrogens (tertiary/aromatic N) is 1. The smallest absolute Gasteiger partial charge is 0.293 e. The molecule has 134 valence electrons. The summed E-state index contributed by atoms with van der Waals surface area (Å²) in [4.78, 5) is 14.3. The van der Waals surface area contributed by atoms with Crippen LogP contribution in [0.5, 0.6) is 0 Å². The van der Waals surface area contributed by atoms with E-state index in [1.165, 1.54) is 17.8 Å². The van der Waals surface area contributed by atoms with E-state index in [0.717, 1.165) is 18.8 Å². The van der Waals surface area contributed by atoms with Gasteiger partial charge in [0.2, 0.25) is 0 Å². The molecule has 0 radical (unpaired) electrons. The Balaban J connectivity index is 0.000000351. The van der Waals surface area contributed by atoms with E-state index in [-0.39, 0.29) is 5.60 Å². The van der Waals surface area contributed by atoms with Gasteiger partial charge in [-0.2, -0.15) is 0 Å². The van der Waals surface area contributed by atoms with Crippen LogP contribution in [0, 0.1) is 11.5 Å². The van der Waals surface area contributed by atoms with E-state index < -0.39 is 8.07 Å². The van der Waals surface area contributed by atoms with Crippen LogP contribution in [0.25, 0.3) is 0 Å². The predicted octanol–water partition coefficient (Wildman–Crippen LogP) is 3.80. The molecule has 2 rings (SSSR count). The second kappa shape index (κ2) is 9.35. The fourth-order valence-corrected chi connectivity index (χ4v) is 3.42. The van der Waals surface area contributed by atoms with E-state index in [1.54, 1.807) is 11.3 Å². The number of rotatable bonds is 2. The van der Waals surface area contributed by atoms with Gasteiger partial charge in [-0.25, -0.2) is 4.98 Å². The summed E-state index contributed by atoms with van der Waals surface area (Å²) in [7, 11) is -1.28. The predicted molar refractivity (Wildman–Crippen MR) is 104 cm³/mol. The normalized spacial score (nSPS) is 15.6. The van der Waals surface area contributed by atoms with E-state index in [4.69, 9.17) is 0 Å². The van der Waals surface area contributed by atoms with Gasteiger partial charge < -0.3 is 10.1 Å². The first-order chi connectivity index (χ1) is 11.1. The molecule has 1 aliphatic rings. The van der Waals surface area contributed by atoms with Crippen molar-refractivity contribution in [3.05, 3.63) is 16.1 Å². The van der Waals surface area contributed by atoms with Gasteiger partial charge in [-0.3, -0.25) is 4.79 Å². The highest BCUT2D eigenvalue weighted by Crippen LogP contribution is 2.27. The van der Waals surface area contributed by atoms with Gasteiger partial charge >= 0.3 is 0 Å². The molecule has 2 heterocycles. The van der Waals surface area contributed by atoms with Gasteiger partial charge in [0, 0.05) is 11.3 Å². The number of nitrogens with one attached hydrogen (secondary N) is 1. The fraction of sp³-hybridized carbons (Fsp3) is 0.667. The van der Waals surface area contributed by atoms with Crippen LogP contribution in [0.15, 0.2) is 5.38 Å². The molecule has 1 aliphatic heterocycles. The largest absolute Gasteiger partial charge is 0.462 e. The molecule has 1 aromatic heterocycles. The quantitative estimate of drug-likeness (QED) is 0.491. The second-order valence-corrected chi connectivity index (χ2v) is 13.6. The zero-order valence-electron chi connectivity index (χ0n) is 15.7. The summed E-state index contributed by atoms with van der Waals surface area (Å²) in [5.74, 6) is 3.90. The first-order valence-corrected chi connectivity index (χ1v) is 12.8. The number of carbonyl (C=O) groups is 1. The fourth-order valence-electron chi connectivity index (χ4n) is 2.00. The lowest BCUT2D eigenvalue weighted by molar-refractivity contribution is -0.138. The first-order valence-electron chi connectivity index (χ1n) is 8.41. The number of hydrogen-bond acceptors (Lipinski definition) is 5. The minimum atomic E-state index is -1.28. The van der Waals surface area contributed by atoms with Gasteiger partial charge in [-0.15, -0.1) is 16.9 Å². The number of aromatic nitrogens is 1. The van der Waals surface area contributed by atoms with Crippen LogP contribution in [0.3, 0.4) is 0 Å². The molecule has 6 heteroatoms. The van der Waals surface area contributed by atoms with Gasteiger partial charge in [0.05, 0.1) is 5.01 Å². The van der Waals surface area contributed by atoms with E-state index in [2.05, 4.69) is 51.5 Å². The lowest BCUT2D eigenvalue weighted by atomic mass is 9.99. The molecular weight excluding hydrogens is 336 g/mol. The standard InChI is InChI=1S/C13H20N2SSi.C5H10O2/c1-17(2,3)9-6-12-10-16-13(15-12)11-4-7-14-8-5-11;1-5(2,3)7-4-6/h10-11,14H,4-5,7-8H2,1-3H3;4H,1-3H3. The first kappa shape index (κ1) is 20.9. The number of hydrogen-bond donors (Lipinski definition) is 1. The average molecular weight is 367 g/mol. The molecule has 0 unspecified atom stereocenters. The Hall–Kier alpha value is -1.16. The summed E-state index contributed by atoms with van der Waals surface area (Å²) >= 11 is 1.78. The minimum Gasteiger partial charge on any atom is -0.462 e. The van der Waals surface area contributed by atoms with Gasteiger partial charge in [-0.05, 0) is 46.7 Å². The monoisotopic (exact) mass is 366 g/mol. The van der Waals surface area contributed by atoms with Crippen LogP contribution in [0.4, 0.5) is 0 Å². The Morgan fingerprint density at radius 2 is 1.96 bits per heavy atom. The van der Waals surface area contributed by atoms with Gasteiger partial charge in [0.1, 0.15) is 19.4 Å². The Bertz CT molecular complexity index is 570. The van der Waals surface area contributed by atoms with Crippen LogP contribution >= 0.6 is 11.3 Å². The molecule has 24 heavy (non-hydrogen) atoms. The maximum absolute atomic E-state index is 9.60. The van der Waals surface area contributed by atoms with Crippen molar-refractivity contribution in [3.63, 3.8) is 0 Å². The highest BCUT2D eigenvalue weighted by Gasteiger charge is 2.18. The van der Waals surface area contributed by atoms with Crippen molar-refractivity contribution < 1.29 is 9.53 Å². The molecule has 1 saturated heterocycles. The maximum atomic E-state index is 9.60. The molecule has 0 spiro atoms. The number of ether oxygens (including phenoxy) is 1. The molecule has 1 N–H and O–H groups in total. The van der Waals surface area contributed by atoms with E-state index >= 15 is 0 Å². The number of piperidine rings is 1. The van der Waals surface area contributed by atoms with Crippen molar-refractivity contribution >= 4 is 25.9 Å². The third-order valence-electron chi connectivity index (χ3n) is 3.18. The summed E-state index contributed by atoms with van der Waals surface area (Å²) < 4.78 is 4.55. The molecule has 1 fully saturated rings. The van der Waals surface area contributed by atoms with Gasteiger partial charge in [0.25, 0.3) is 6.47 Å². The van der Waals surface area contributed by atoms with Crippen LogP contribution in [-0.4, -0.2) is 38.2 Å². The van der Waals surface area contributed by atoms with E-state index in [0.29, 0.717) is 12.4 Å². The van der Waals surface area contributed by atoms with Crippen molar-refractivity contribution in [2.24, 2.45) is 0 Å². The lowest BCUT2D eigenvalue weighted by Gasteiger charge is -2.20. The summed E-state index contributed by atoms with van der Waals surface area (Å²) in [6.45, 7) is 15.0. The topological polar surface area (TPSA) is 51.2 Å². The highest BCUT2D eigenvalue weighted by atomic mass is 32.1. The zero-order valence-corrected chi connectivity index (χ0v) is 17.5. The third kappa shape index (κ3) is 9.21. The van der Waals surface area contributed by atoms with Crippen LogP contribution < -0.4 is 5.32 Å². The molecule has 1 aromatic rings. The molecule has 0 amide bonds. The highest BCUT2D eigenvalue weighted by molar-refractivity contribution is 7.09. The zero-order chi connectivity index (χ0) is 18.2. The number of thiazole rings is 1. The summed E-state index contributed by atoms with van der Waals surface area (Å²) in [6, 6.07) is 0. The molecule has 0 aromatic carbocycles. The molecule has 0 aliphatic carbocycles. The molecule has 0 bridgehead atoms. The molecule has 0 atom stereocenters. The van der Waals surface area contributed by atoms with Crippen molar-refractivity contribution in [2.45, 2.75) is 64.8 Å². The Kier molecular flexibility index (Phi) is 8.14. The molecular formula is C18H30N2O2SSi. The van der Waals surface area contributed by atoms with E-state index in [9.17, 15) is 4.79 Å². The van der Waals surface area contributed by atoms with Crippen molar-refractivity contribution in [2.75, 3.05) is 13.1 Å². The summed E-state index contributed by atoms with van der Waals surface area (Å²) in [5.41, 5.74) is 4.04. The minimum absolute atomic E-state index is 0.318. The van der Waals surface area contributed by atoms with Gasteiger partial charge in [0.15, 0.2) is 0 Å². The maximum Gasteiger partial charge on any atom is 0.293 e. The van der Waals surface area contributed by atoms with Crippen molar-refractivity contribution in [1.82, 2.24) is 10.3 Å². The van der Waals surface area contributed by atoms with Crippen LogP contribution in [0.2, 0.25) is 19.6 Å². The van der Waals surface area contributed by atoms with Crippen molar-refractivity contribution in [3.8, 4) is 11.5 Å². The van der Waals surface area contributed by atoms with E-state index in [1.807, 2.05) is 20.8 Å². The summed E-state index contributed by atoms with van der Waals surface area (Å²) in [5, 5.41) is 6.79. The second-order valence-electron chi connectivity index (χ2n) is 7.92. The SMILES string of the molecule is CC(C)(C)OC=O.C[Si](C)(C)C#Cc1csc(C2CCNCC2)n1. The van der Waals surface area contributed by atoms with Gasteiger partial charge in [-0.1, -0.05) is 25.6 Å². The van der Waals surface area contributed by atoms with Crippen LogP contribution in [-0.2, 0) is 9.53 Å². The molecule has 0 saturated carbocycles. The average Bonchev–Trinajstić information content (AvgIpc) is 2.94. The Labute approximate surface area is 151 Å². The number of carbonyl (C=O) groups excluding carboxylic acids is 1. The Morgan fingerprint density at radius 3 is 2.42 bits per heavy atom. The lowest BCUT2D eigenvalue weighted by Crippen LogP contribution is -2.26. The molecule has 4 nitrogen and oxygen atoms in total. The Morgan fingerprint density at radius 1 is 1.33 bits per heavy atom. The van der Waals surface area contributed by atoms with Crippen LogP contribution in [0.1, 0.15) is 50.2 Å².